The third kappa shape index (κ3) is 5.15. The maximum absolute atomic E-state index is 14.0. The Morgan fingerprint density at radius 1 is 1.12 bits per heavy atom. The van der Waals surface area contributed by atoms with Crippen LogP contribution in [-0.4, -0.2) is 38.6 Å². The SMILES string of the molecule is CC(C)[C@H](NS(=O)(=O)c1ccccc1F)C(=O)Nc1nc(-c2ccc3c(c2)OCCO3)cs1. The fraction of sp³-hybridized carbons (Fsp3) is 0.273. The highest BCUT2D eigenvalue weighted by Crippen LogP contribution is 2.35. The van der Waals surface area contributed by atoms with Crippen LogP contribution in [-0.2, 0) is 14.8 Å². The number of hydrogen-bond donors (Lipinski definition) is 2. The molecule has 11 heteroatoms. The van der Waals surface area contributed by atoms with Gasteiger partial charge in [-0.05, 0) is 36.2 Å². The van der Waals surface area contributed by atoms with Gasteiger partial charge in [0, 0.05) is 10.9 Å². The molecule has 1 amide bonds. The second kappa shape index (κ2) is 9.46. The summed E-state index contributed by atoms with van der Waals surface area (Å²) in [6.07, 6.45) is 0. The molecule has 33 heavy (non-hydrogen) atoms. The van der Waals surface area contributed by atoms with Crippen molar-refractivity contribution in [2.24, 2.45) is 5.92 Å². The van der Waals surface area contributed by atoms with Crippen LogP contribution in [0, 0.1) is 11.7 Å². The zero-order chi connectivity index (χ0) is 23.6. The lowest BCUT2D eigenvalue weighted by molar-refractivity contribution is -0.118. The number of ether oxygens (including phenoxy) is 2. The van der Waals surface area contributed by atoms with Crippen LogP contribution in [0.25, 0.3) is 11.3 Å². The topological polar surface area (TPSA) is 107 Å². The van der Waals surface area contributed by atoms with Gasteiger partial charge in [-0.2, -0.15) is 4.72 Å². The van der Waals surface area contributed by atoms with Gasteiger partial charge in [0.05, 0.1) is 5.69 Å². The second-order valence-corrected chi connectivity index (χ2v) is 10.2. The number of carbonyl (C=O) groups excluding carboxylic acids is 1. The Bertz CT molecular complexity index is 1280. The molecule has 1 atom stereocenters. The molecule has 2 aromatic carbocycles. The van der Waals surface area contributed by atoms with Crippen LogP contribution in [0.3, 0.4) is 0 Å². The molecule has 1 aliphatic heterocycles. The van der Waals surface area contributed by atoms with Crippen molar-refractivity contribution in [1.82, 2.24) is 9.71 Å². The quantitative estimate of drug-likeness (QED) is 0.522. The Morgan fingerprint density at radius 3 is 2.58 bits per heavy atom. The van der Waals surface area contributed by atoms with E-state index in [-0.39, 0.29) is 0 Å². The van der Waals surface area contributed by atoms with Crippen LogP contribution < -0.4 is 19.5 Å². The molecule has 0 radical (unpaired) electrons. The highest BCUT2D eigenvalue weighted by atomic mass is 32.2. The Balaban J connectivity index is 1.50. The van der Waals surface area contributed by atoms with Gasteiger partial charge in [-0.1, -0.05) is 26.0 Å². The van der Waals surface area contributed by atoms with E-state index >= 15 is 0 Å². The molecule has 0 aliphatic carbocycles. The first-order valence-corrected chi connectivity index (χ1v) is 12.5. The van der Waals surface area contributed by atoms with Crippen molar-refractivity contribution in [3.8, 4) is 22.8 Å². The minimum atomic E-state index is -4.25. The normalized spacial score (nSPS) is 14.2. The fourth-order valence-corrected chi connectivity index (χ4v) is 5.38. The number of hydrogen-bond acceptors (Lipinski definition) is 7. The Labute approximate surface area is 194 Å². The highest BCUT2D eigenvalue weighted by molar-refractivity contribution is 7.89. The number of rotatable bonds is 7. The summed E-state index contributed by atoms with van der Waals surface area (Å²) in [5.74, 6) is -0.593. The van der Waals surface area contributed by atoms with E-state index in [2.05, 4.69) is 15.0 Å². The lowest BCUT2D eigenvalue weighted by Gasteiger charge is -2.21. The second-order valence-electron chi connectivity index (χ2n) is 7.66. The summed E-state index contributed by atoms with van der Waals surface area (Å²) in [7, 11) is -4.25. The Morgan fingerprint density at radius 2 is 1.85 bits per heavy atom. The fourth-order valence-electron chi connectivity index (χ4n) is 3.24. The summed E-state index contributed by atoms with van der Waals surface area (Å²) in [4.78, 5) is 16.8. The molecule has 4 rings (SSSR count). The molecule has 2 heterocycles. The largest absolute Gasteiger partial charge is 0.486 e. The van der Waals surface area contributed by atoms with E-state index in [0.29, 0.717) is 35.5 Å². The number of carbonyl (C=O) groups is 1. The number of amides is 1. The van der Waals surface area contributed by atoms with Crippen LogP contribution in [0.2, 0.25) is 0 Å². The van der Waals surface area contributed by atoms with E-state index in [1.165, 1.54) is 23.5 Å². The number of nitrogens with one attached hydrogen (secondary N) is 2. The van der Waals surface area contributed by atoms with Gasteiger partial charge in [0.1, 0.15) is 30.0 Å². The third-order valence-corrected chi connectivity index (χ3v) is 7.16. The molecule has 8 nitrogen and oxygen atoms in total. The van der Waals surface area contributed by atoms with Gasteiger partial charge < -0.3 is 14.8 Å². The summed E-state index contributed by atoms with van der Waals surface area (Å²) in [5.41, 5.74) is 1.41. The van der Waals surface area contributed by atoms with Crippen molar-refractivity contribution < 1.29 is 27.1 Å². The lowest BCUT2D eigenvalue weighted by atomic mass is 10.1. The van der Waals surface area contributed by atoms with Crippen molar-refractivity contribution >= 4 is 32.4 Å². The first-order chi connectivity index (χ1) is 15.7. The van der Waals surface area contributed by atoms with E-state index in [1.54, 1.807) is 25.3 Å². The predicted molar refractivity (Wildman–Crippen MR) is 123 cm³/mol. The summed E-state index contributed by atoms with van der Waals surface area (Å²) >= 11 is 1.20. The summed E-state index contributed by atoms with van der Waals surface area (Å²) in [5, 5.41) is 4.74. The number of anilines is 1. The molecular weight excluding hydrogens is 469 g/mol. The highest BCUT2D eigenvalue weighted by Gasteiger charge is 2.30. The van der Waals surface area contributed by atoms with E-state index in [1.807, 2.05) is 12.1 Å². The maximum Gasteiger partial charge on any atom is 0.244 e. The third-order valence-electron chi connectivity index (χ3n) is 4.93. The van der Waals surface area contributed by atoms with Crippen LogP contribution in [0.1, 0.15) is 13.8 Å². The maximum atomic E-state index is 14.0. The van der Waals surface area contributed by atoms with Crippen molar-refractivity contribution in [2.75, 3.05) is 18.5 Å². The lowest BCUT2D eigenvalue weighted by Crippen LogP contribution is -2.47. The molecule has 174 valence electrons. The smallest absolute Gasteiger partial charge is 0.244 e. The predicted octanol–water partition coefficient (Wildman–Crippen LogP) is 3.66. The first kappa shape index (κ1) is 23.1. The number of thiazole rings is 1. The molecule has 0 spiro atoms. The van der Waals surface area contributed by atoms with E-state index < -0.39 is 38.6 Å². The number of aromatic nitrogens is 1. The standard InChI is InChI=1S/C22H22FN3O5S2/c1-13(2)20(26-33(28,29)19-6-4-3-5-15(19)23)21(27)25-22-24-16(12-32-22)14-7-8-17-18(11-14)31-10-9-30-17/h3-8,11-13,20,26H,9-10H2,1-2H3,(H,24,25,27)/t20-/m0/s1. The van der Waals surface area contributed by atoms with Crippen LogP contribution in [0.5, 0.6) is 11.5 Å². The Hall–Kier alpha value is -3.02. The van der Waals surface area contributed by atoms with Crippen molar-refractivity contribution in [3.05, 3.63) is 53.7 Å². The van der Waals surface area contributed by atoms with E-state index in [9.17, 15) is 17.6 Å². The first-order valence-electron chi connectivity index (χ1n) is 10.2. The van der Waals surface area contributed by atoms with E-state index in [0.717, 1.165) is 17.7 Å². The van der Waals surface area contributed by atoms with Crippen molar-refractivity contribution in [3.63, 3.8) is 0 Å². The van der Waals surface area contributed by atoms with Crippen molar-refractivity contribution in [2.45, 2.75) is 24.8 Å². The number of nitrogens with zero attached hydrogens (tertiary/aromatic N) is 1. The molecule has 0 saturated carbocycles. The van der Waals surface area contributed by atoms with Gasteiger partial charge in [0.2, 0.25) is 15.9 Å². The van der Waals surface area contributed by atoms with Gasteiger partial charge in [-0.3, -0.25) is 4.79 Å². The summed E-state index contributed by atoms with van der Waals surface area (Å²) in [6.45, 7) is 4.35. The zero-order valence-electron chi connectivity index (χ0n) is 17.9. The van der Waals surface area contributed by atoms with Crippen LogP contribution in [0.15, 0.2) is 52.7 Å². The van der Waals surface area contributed by atoms with Crippen molar-refractivity contribution in [1.29, 1.82) is 0 Å². The summed E-state index contributed by atoms with van der Waals surface area (Å²) in [6, 6.07) is 9.33. The van der Waals surface area contributed by atoms with Gasteiger partial charge in [-0.25, -0.2) is 17.8 Å². The van der Waals surface area contributed by atoms with E-state index in [4.69, 9.17) is 9.47 Å². The average Bonchev–Trinajstić information content (AvgIpc) is 3.25. The van der Waals surface area contributed by atoms with Crippen LogP contribution in [0.4, 0.5) is 9.52 Å². The Kier molecular flexibility index (Phi) is 6.63. The minimum Gasteiger partial charge on any atom is -0.486 e. The molecular formula is C22H22FN3O5S2. The molecule has 0 fully saturated rings. The number of sulfonamides is 1. The average molecular weight is 492 g/mol. The molecule has 1 aromatic heterocycles. The minimum absolute atomic E-state index is 0.306. The number of halogens is 1. The van der Waals surface area contributed by atoms with Gasteiger partial charge >= 0.3 is 0 Å². The molecule has 0 bridgehead atoms. The monoisotopic (exact) mass is 491 g/mol. The van der Waals surface area contributed by atoms with Gasteiger partial charge in [-0.15, -0.1) is 11.3 Å². The van der Waals surface area contributed by atoms with Crippen LogP contribution >= 0.6 is 11.3 Å². The number of fused-ring (bicyclic) bond motifs is 1. The molecule has 3 aromatic rings. The van der Waals surface area contributed by atoms with Gasteiger partial charge in [0.15, 0.2) is 16.6 Å². The number of benzene rings is 2. The molecule has 0 unspecified atom stereocenters. The zero-order valence-corrected chi connectivity index (χ0v) is 19.5. The van der Waals surface area contributed by atoms with Gasteiger partial charge in [0.25, 0.3) is 0 Å². The molecule has 0 saturated heterocycles. The molecule has 1 aliphatic rings. The molecule has 2 N–H and O–H groups in total. The summed E-state index contributed by atoms with van der Waals surface area (Å²) < 4.78 is 52.8.